The Bertz CT molecular complexity index is 989. The zero-order chi connectivity index (χ0) is 18.0. The van der Waals surface area contributed by atoms with Crippen molar-refractivity contribution >= 4 is 57.2 Å². The molecule has 0 bridgehead atoms. The fourth-order valence-electron chi connectivity index (χ4n) is 2.35. The monoisotopic (exact) mass is 374 g/mol. The smallest absolute Gasteiger partial charge is 0.314 e. The minimum atomic E-state index is -0.888. The van der Waals surface area contributed by atoms with Gasteiger partial charge in [-0.05, 0) is 30.3 Å². The average molecular weight is 375 g/mol. The van der Waals surface area contributed by atoms with E-state index in [0.29, 0.717) is 21.5 Å². The van der Waals surface area contributed by atoms with Crippen LogP contribution in [0.3, 0.4) is 0 Å². The van der Waals surface area contributed by atoms with E-state index in [0.717, 1.165) is 0 Å². The molecular formula is C18H12Cl2N2O3. The summed E-state index contributed by atoms with van der Waals surface area (Å²) in [5, 5.41) is 16.6. The van der Waals surface area contributed by atoms with Crippen molar-refractivity contribution in [2.45, 2.75) is 0 Å². The van der Waals surface area contributed by atoms with Crippen LogP contribution in [0.1, 0.15) is 0 Å². The maximum Gasteiger partial charge on any atom is 0.314 e. The number of aromatic hydroxyl groups is 1. The molecule has 0 aromatic heterocycles. The van der Waals surface area contributed by atoms with Gasteiger partial charge in [-0.1, -0.05) is 47.5 Å². The molecule has 7 heteroatoms. The number of carbonyl (C=O) groups excluding carboxylic acids is 2. The minimum Gasteiger partial charge on any atom is -0.507 e. The fourth-order valence-corrected chi connectivity index (χ4v) is 2.69. The second-order valence-corrected chi connectivity index (χ2v) is 6.05. The number of anilines is 2. The Kier molecular flexibility index (Phi) is 4.79. The molecule has 2 amide bonds. The fraction of sp³-hybridized carbons (Fsp3) is 0. The lowest BCUT2D eigenvalue weighted by Crippen LogP contribution is -2.29. The van der Waals surface area contributed by atoms with Gasteiger partial charge in [0.2, 0.25) is 0 Å². The summed E-state index contributed by atoms with van der Waals surface area (Å²) < 4.78 is 0. The number of carbonyl (C=O) groups is 2. The van der Waals surface area contributed by atoms with Gasteiger partial charge >= 0.3 is 11.8 Å². The Morgan fingerprint density at radius 2 is 1.44 bits per heavy atom. The molecule has 3 aromatic carbocycles. The van der Waals surface area contributed by atoms with E-state index in [1.54, 1.807) is 42.5 Å². The summed E-state index contributed by atoms with van der Waals surface area (Å²) in [5.41, 5.74) is 0.649. The van der Waals surface area contributed by atoms with Crippen LogP contribution in [0.25, 0.3) is 10.8 Å². The van der Waals surface area contributed by atoms with Crippen LogP contribution in [0.2, 0.25) is 10.0 Å². The van der Waals surface area contributed by atoms with Crippen LogP contribution in [0.4, 0.5) is 11.4 Å². The number of nitrogens with one attached hydrogen (secondary N) is 2. The van der Waals surface area contributed by atoms with Crippen LogP contribution >= 0.6 is 23.2 Å². The van der Waals surface area contributed by atoms with Gasteiger partial charge in [0, 0.05) is 21.5 Å². The van der Waals surface area contributed by atoms with Crippen molar-refractivity contribution in [1.82, 2.24) is 0 Å². The number of fused-ring (bicyclic) bond motifs is 1. The Morgan fingerprint density at radius 3 is 2.20 bits per heavy atom. The lowest BCUT2D eigenvalue weighted by Gasteiger charge is -2.10. The van der Waals surface area contributed by atoms with Crippen LogP contribution in [-0.2, 0) is 9.59 Å². The molecule has 0 aliphatic rings. The predicted molar refractivity (Wildman–Crippen MR) is 99.3 cm³/mol. The summed E-state index contributed by atoms with van der Waals surface area (Å²) in [6.45, 7) is 0. The molecule has 25 heavy (non-hydrogen) atoms. The number of benzene rings is 3. The van der Waals surface area contributed by atoms with E-state index in [1.165, 1.54) is 12.1 Å². The van der Waals surface area contributed by atoms with Gasteiger partial charge in [-0.3, -0.25) is 9.59 Å². The van der Waals surface area contributed by atoms with Gasteiger partial charge in [0.05, 0.1) is 10.7 Å². The third-order valence-electron chi connectivity index (χ3n) is 3.53. The highest BCUT2D eigenvalue weighted by Crippen LogP contribution is 2.30. The highest BCUT2D eigenvalue weighted by molar-refractivity contribution is 6.45. The molecule has 0 saturated heterocycles. The summed E-state index contributed by atoms with van der Waals surface area (Å²) in [5.74, 6) is -1.67. The second kappa shape index (κ2) is 7.01. The lowest BCUT2D eigenvalue weighted by molar-refractivity contribution is -0.132. The number of hydrogen-bond donors (Lipinski definition) is 3. The molecule has 0 heterocycles. The van der Waals surface area contributed by atoms with Crippen molar-refractivity contribution in [3.05, 3.63) is 64.6 Å². The van der Waals surface area contributed by atoms with E-state index in [2.05, 4.69) is 10.6 Å². The quantitative estimate of drug-likeness (QED) is 0.580. The van der Waals surface area contributed by atoms with Crippen molar-refractivity contribution < 1.29 is 14.7 Å². The molecule has 0 fully saturated rings. The molecule has 0 aliphatic heterocycles. The van der Waals surface area contributed by atoms with Crippen LogP contribution in [0.15, 0.2) is 54.6 Å². The Morgan fingerprint density at radius 1 is 0.800 bits per heavy atom. The third kappa shape index (κ3) is 3.68. The maximum absolute atomic E-state index is 12.2. The summed E-state index contributed by atoms with van der Waals surface area (Å²) in [6, 6.07) is 14.5. The van der Waals surface area contributed by atoms with Gasteiger partial charge in [0.15, 0.2) is 0 Å². The first-order valence-electron chi connectivity index (χ1n) is 7.24. The first-order valence-corrected chi connectivity index (χ1v) is 7.99. The summed E-state index contributed by atoms with van der Waals surface area (Å²) >= 11 is 11.8. The first-order chi connectivity index (χ1) is 12.0. The molecule has 3 N–H and O–H groups in total. The molecule has 0 radical (unpaired) electrons. The van der Waals surface area contributed by atoms with E-state index in [-0.39, 0.29) is 16.5 Å². The van der Waals surface area contributed by atoms with Gasteiger partial charge < -0.3 is 15.7 Å². The number of halogens is 2. The van der Waals surface area contributed by atoms with E-state index in [1.807, 2.05) is 0 Å². The van der Waals surface area contributed by atoms with Crippen molar-refractivity contribution in [1.29, 1.82) is 0 Å². The second-order valence-electron chi connectivity index (χ2n) is 5.21. The summed E-state index contributed by atoms with van der Waals surface area (Å²) in [6.07, 6.45) is 0. The highest BCUT2D eigenvalue weighted by Gasteiger charge is 2.17. The minimum absolute atomic E-state index is 0.0868. The number of hydrogen-bond acceptors (Lipinski definition) is 3. The SMILES string of the molecule is O=C(Nc1cc(Cl)ccc1Cl)C(=O)Nc1cccc2c(O)cccc12. The van der Waals surface area contributed by atoms with E-state index < -0.39 is 11.8 Å². The highest BCUT2D eigenvalue weighted by atomic mass is 35.5. The van der Waals surface area contributed by atoms with Crippen LogP contribution < -0.4 is 10.6 Å². The van der Waals surface area contributed by atoms with E-state index in [4.69, 9.17) is 23.2 Å². The predicted octanol–water partition coefficient (Wildman–Crippen LogP) is 4.43. The van der Waals surface area contributed by atoms with Crippen molar-refractivity contribution in [3.8, 4) is 5.75 Å². The van der Waals surface area contributed by atoms with Crippen LogP contribution in [0, 0.1) is 0 Å². The van der Waals surface area contributed by atoms with Gasteiger partial charge in [-0.2, -0.15) is 0 Å². The van der Waals surface area contributed by atoms with Gasteiger partial charge in [-0.15, -0.1) is 0 Å². The molecule has 5 nitrogen and oxygen atoms in total. The van der Waals surface area contributed by atoms with Gasteiger partial charge in [-0.25, -0.2) is 0 Å². The standard InChI is InChI=1S/C18H12Cl2N2O3/c19-10-7-8-13(20)15(9-10)22-18(25)17(24)21-14-5-1-4-12-11(14)3-2-6-16(12)23/h1-9,23H,(H,21,24)(H,22,25). The largest absolute Gasteiger partial charge is 0.507 e. The lowest BCUT2D eigenvalue weighted by atomic mass is 10.1. The Hall–Kier alpha value is -2.76. The topological polar surface area (TPSA) is 78.4 Å². The zero-order valence-electron chi connectivity index (χ0n) is 12.7. The Balaban J connectivity index is 1.82. The molecule has 0 spiro atoms. The molecule has 0 aliphatic carbocycles. The summed E-state index contributed by atoms with van der Waals surface area (Å²) in [7, 11) is 0. The molecule has 0 unspecified atom stereocenters. The average Bonchev–Trinajstić information content (AvgIpc) is 2.59. The van der Waals surface area contributed by atoms with Crippen molar-refractivity contribution in [2.75, 3.05) is 10.6 Å². The summed E-state index contributed by atoms with van der Waals surface area (Å²) in [4.78, 5) is 24.3. The third-order valence-corrected chi connectivity index (χ3v) is 4.09. The zero-order valence-corrected chi connectivity index (χ0v) is 14.2. The number of phenols is 1. The first kappa shape index (κ1) is 17.1. The molecule has 126 valence electrons. The van der Waals surface area contributed by atoms with Crippen LogP contribution in [0.5, 0.6) is 5.75 Å². The Labute approximate surface area is 153 Å². The number of amides is 2. The molecular weight excluding hydrogens is 363 g/mol. The molecule has 0 atom stereocenters. The normalized spacial score (nSPS) is 10.5. The van der Waals surface area contributed by atoms with E-state index in [9.17, 15) is 14.7 Å². The van der Waals surface area contributed by atoms with E-state index >= 15 is 0 Å². The number of rotatable bonds is 2. The molecule has 0 saturated carbocycles. The molecule has 3 aromatic rings. The van der Waals surface area contributed by atoms with Crippen LogP contribution in [-0.4, -0.2) is 16.9 Å². The van der Waals surface area contributed by atoms with Gasteiger partial charge in [0.1, 0.15) is 5.75 Å². The number of phenolic OH excluding ortho intramolecular Hbond substituents is 1. The van der Waals surface area contributed by atoms with Crippen molar-refractivity contribution in [2.24, 2.45) is 0 Å². The maximum atomic E-state index is 12.2. The molecule has 3 rings (SSSR count). The van der Waals surface area contributed by atoms with Crippen molar-refractivity contribution in [3.63, 3.8) is 0 Å². The van der Waals surface area contributed by atoms with Gasteiger partial charge in [0.25, 0.3) is 0 Å².